The van der Waals surface area contributed by atoms with Gasteiger partial charge in [-0.15, -0.1) is 0 Å². The molecule has 1 atom stereocenters. The zero-order valence-corrected chi connectivity index (χ0v) is 15.6. The van der Waals surface area contributed by atoms with Gasteiger partial charge in [0.2, 0.25) is 5.91 Å². The van der Waals surface area contributed by atoms with Crippen LogP contribution in [0.3, 0.4) is 0 Å². The Morgan fingerprint density at radius 3 is 2.48 bits per heavy atom. The summed E-state index contributed by atoms with van der Waals surface area (Å²) in [6.07, 6.45) is 1.47. The summed E-state index contributed by atoms with van der Waals surface area (Å²) in [5, 5.41) is 5.59. The minimum atomic E-state index is -0.332. The van der Waals surface area contributed by atoms with Gasteiger partial charge in [0.15, 0.2) is 0 Å². The molecule has 1 aromatic rings. The second-order valence-corrected chi connectivity index (χ2v) is 6.92. The first-order valence-corrected chi connectivity index (χ1v) is 9.35. The van der Waals surface area contributed by atoms with Crippen LogP contribution in [0.2, 0.25) is 0 Å². The molecule has 8 nitrogen and oxygen atoms in total. The Morgan fingerprint density at radius 1 is 1.15 bits per heavy atom. The van der Waals surface area contributed by atoms with Crippen LogP contribution in [0, 0.1) is 0 Å². The van der Waals surface area contributed by atoms with Crippen LogP contribution in [0.4, 0.5) is 10.5 Å². The molecule has 3 rings (SSSR count). The second-order valence-electron chi connectivity index (χ2n) is 6.92. The summed E-state index contributed by atoms with van der Waals surface area (Å²) in [5.74, 6) is 0.114. The first-order chi connectivity index (χ1) is 13.0. The third kappa shape index (κ3) is 5.19. The predicted octanol–water partition coefficient (Wildman–Crippen LogP) is 1.29. The van der Waals surface area contributed by atoms with E-state index in [4.69, 9.17) is 4.74 Å². The quantitative estimate of drug-likeness (QED) is 0.813. The van der Waals surface area contributed by atoms with E-state index in [1.165, 1.54) is 0 Å². The number of urea groups is 1. The fourth-order valence-electron chi connectivity index (χ4n) is 3.31. The summed E-state index contributed by atoms with van der Waals surface area (Å²) < 4.78 is 5.26. The molecule has 0 aliphatic carbocycles. The molecule has 0 saturated carbocycles. The molecule has 2 N–H and O–H groups in total. The third-order valence-electron chi connectivity index (χ3n) is 4.73. The van der Waals surface area contributed by atoms with Crippen LogP contribution in [0.1, 0.15) is 30.1 Å². The fraction of sp³-hybridized carbons (Fsp3) is 0.526. The molecular formula is C19H26N4O4. The van der Waals surface area contributed by atoms with Crippen molar-refractivity contribution < 1.29 is 19.1 Å². The van der Waals surface area contributed by atoms with E-state index in [-0.39, 0.29) is 23.9 Å². The normalized spacial score (nSPS) is 18.3. The van der Waals surface area contributed by atoms with E-state index in [0.717, 1.165) is 13.0 Å². The number of carbonyl (C=O) groups excluding carboxylic acids is 3. The van der Waals surface area contributed by atoms with Crippen molar-refractivity contribution in [2.24, 2.45) is 0 Å². The Labute approximate surface area is 158 Å². The van der Waals surface area contributed by atoms with E-state index in [2.05, 4.69) is 10.6 Å². The Hall–Kier alpha value is -2.61. The zero-order valence-electron chi connectivity index (χ0n) is 15.6. The summed E-state index contributed by atoms with van der Waals surface area (Å²) in [7, 11) is 0. The van der Waals surface area contributed by atoms with Gasteiger partial charge in [0.1, 0.15) is 0 Å². The highest BCUT2D eigenvalue weighted by molar-refractivity contribution is 5.95. The highest BCUT2D eigenvalue weighted by Gasteiger charge is 2.22. The molecule has 0 unspecified atom stereocenters. The van der Waals surface area contributed by atoms with Crippen molar-refractivity contribution in [1.82, 2.24) is 15.1 Å². The number of hydrogen-bond donors (Lipinski definition) is 2. The molecule has 0 radical (unpaired) electrons. The van der Waals surface area contributed by atoms with E-state index in [1.807, 2.05) is 6.92 Å². The van der Waals surface area contributed by atoms with Crippen molar-refractivity contribution >= 4 is 23.5 Å². The topological polar surface area (TPSA) is 91.0 Å². The molecule has 2 aliphatic rings. The first-order valence-electron chi connectivity index (χ1n) is 9.35. The molecular weight excluding hydrogens is 348 g/mol. The highest BCUT2D eigenvalue weighted by atomic mass is 16.5. The van der Waals surface area contributed by atoms with E-state index in [1.54, 1.807) is 34.1 Å². The lowest BCUT2D eigenvalue weighted by molar-refractivity contribution is -0.127. The highest BCUT2D eigenvalue weighted by Crippen LogP contribution is 2.13. The molecule has 0 aromatic heterocycles. The van der Waals surface area contributed by atoms with Crippen LogP contribution >= 0.6 is 0 Å². The van der Waals surface area contributed by atoms with Gasteiger partial charge >= 0.3 is 6.03 Å². The number of likely N-dealkylation sites (tertiary alicyclic amines) is 1. The van der Waals surface area contributed by atoms with Crippen molar-refractivity contribution in [2.45, 2.75) is 25.8 Å². The van der Waals surface area contributed by atoms with E-state index in [9.17, 15) is 14.4 Å². The summed E-state index contributed by atoms with van der Waals surface area (Å²) >= 11 is 0. The SMILES string of the molecule is C[C@@H](CN1CCCC1=O)NC(=O)Nc1ccc(C(=O)N2CCOCC2)cc1. The Kier molecular flexibility index (Phi) is 6.28. The monoisotopic (exact) mass is 374 g/mol. The zero-order chi connectivity index (χ0) is 19.2. The molecule has 4 amide bonds. The number of benzene rings is 1. The molecule has 2 saturated heterocycles. The summed E-state index contributed by atoms with van der Waals surface area (Å²) in [6, 6.07) is 6.36. The van der Waals surface area contributed by atoms with Crippen LogP contribution in [0.25, 0.3) is 0 Å². The van der Waals surface area contributed by atoms with Crippen molar-refractivity contribution in [3.8, 4) is 0 Å². The maximum atomic E-state index is 12.4. The fourth-order valence-corrected chi connectivity index (χ4v) is 3.31. The third-order valence-corrected chi connectivity index (χ3v) is 4.73. The van der Waals surface area contributed by atoms with Gasteiger partial charge in [0.05, 0.1) is 13.2 Å². The van der Waals surface area contributed by atoms with Gasteiger partial charge in [-0.1, -0.05) is 0 Å². The predicted molar refractivity (Wildman–Crippen MR) is 101 cm³/mol. The Morgan fingerprint density at radius 2 is 1.85 bits per heavy atom. The smallest absolute Gasteiger partial charge is 0.319 e. The number of carbonyl (C=O) groups is 3. The molecule has 0 spiro atoms. The number of rotatable bonds is 5. The minimum Gasteiger partial charge on any atom is -0.378 e. The molecule has 2 aliphatic heterocycles. The van der Waals surface area contributed by atoms with Gasteiger partial charge in [-0.3, -0.25) is 9.59 Å². The molecule has 27 heavy (non-hydrogen) atoms. The number of ether oxygens (including phenoxy) is 1. The minimum absolute atomic E-state index is 0.0294. The maximum Gasteiger partial charge on any atom is 0.319 e. The van der Waals surface area contributed by atoms with Crippen LogP contribution < -0.4 is 10.6 Å². The van der Waals surface area contributed by atoms with E-state index < -0.39 is 0 Å². The Balaban J connectivity index is 1.47. The largest absolute Gasteiger partial charge is 0.378 e. The van der Waals surface area contributed by atoms with Gasteiger partial charge in [0, 0.05) is 49.9 Å². The van der Waals surface area contributed by atoms with Crippen molar-refractivity contribution in [1.29, 1.82) is 0 Å². The van der Waals surface area contributed by atoms with Gasteiger partial charge < -0.3 is 25.2 Å². The van der Waals surface area contributed by atoms with Crippen LogP contribution in [0.15, 0.2) is 24.3 Å². The van der Waals surface area contributed by atoms with Gasteiger partial charge in [-0.25, -0.2) is 4.79 Å². The molecule has 146 valence electrons. The number of amides is 4. The number of anilines is 1. The van der Waals surface area contributed by atoms with E-state index >= 15 is 0 Å². The Bertz CT molecular complexity index is 685. The number of nitrogens with zero attached hydrogens (tertiary/aromatic N) is 2. The summed E-state index contributed by atoms with van der Waals surface area (Å²) in [5.41, 5.74) is 1.19. The lowest BCUT2D eigenvalue weighted by Gasteiger charge is -2.26. The van der Waals surface area contributed by atoms with Gasteiger partial charge in [0.25, 0.3) is 5.91 Å². The van der Waals surface area contributed by atoms with Crippen molar-refractivity contribution in [3.63, 3.8) is 0 Å². The standard InChI is InChI=1S/C19H26N4O4/c1-14(13-23-8-2-3-17(23)24)20-19(26)21-16-6-4-15(5-7-16)18(25)22-9-11-27-12-10-22/h4-7,14H,2-3,8-13H2,1H3,(H2,20,21,26)/t14-/m0/s1. The van der Waals surface area contributed by atoms with Crippen molar-refractivity contribution in [2.75, 3.05) is 44.7 Å². The average Bonchev–Trinajstić information content (AvgIpc) is 3.07. The molecule has 2 fully saturated rings. The second kappa shape index (κ2) is 8.85. The number of nitrogens with one attached hydrogen (secondary N) is 2. The lowest BCUT2D eigenvalue weighted by Crippen LogP contribution is -2.44. The van der Waals surface area contributed by atoms with Crippen LogP contribution in [-0.2, 0) is 9.53 Å². The van der Waals surface area contributed by atoms with Crippen molar-refractivity contribution in [3.05, 3.63) is 29.8 Å². The van der Waals surface area contributed by atoms with Gasteiger partial charge in [-0.2, -0.15) is 0 Å². The summed E-state index contributed by atoms with van der Waals surface area (Å²) in [6.45, 7) is 5.45. The average molecular weight is 374 g/mol. The number of morpholine rings is 1. The molecule has 1 aromatic carbocycles. The maximum absolute atomic E-state index is 12.4. The van der Waals surface area contributed by atoms with Crippen LogP contribution in [0.5, 0.6) is 0 Å². The van der Waals surface area contributed by atoms with E-state index in [0.29, 0.717) is 50.5 Å². The molecule has 0 bridgehead atoms. The first kappa shape index (κ1) is 19.2. The van der Waals surface area contributed by atoms with Crippen LogP contribution in [-0.4, -0.2) is 73.1 Å². The molecule has 8 heteroatoms. The summed E-state index contributed by atoms with van der Waals surface area (Å²) in [4.78, 5) is 39.7. The lowest BCUT2D eigenvalue weighted by atomic mass is 10.1. The number of hydrogen-bond acceptors (Lipinski definition) is 4. The molecule has 2 heterocycles. The van der Waals surface area contributed by atoms with Gasteiger partial charge in [-0.05, 0) is 37.6 Å².